The van der Waals surface area contributed by atoms with Crippen LogP contribution < -0.4 is 21.5 Å². The second-order valence-electron chi connectivity index (χ2n) is 12.4. The van der Waals surface area contributed by atoms with Crippen LogP contribution in [-0.2, 0) is 22.6 Å². The fraction of sp³-hybridized carbons (Fsp3) is 0.457. The molecular formula is C35H45N5O5. The van der Waals surface area contributed by atoms with Crippen molar-refractivity contribution in [3.8, 4) is 11.1 Å². The first-order chi connectivity index (χ1) is 21.6. The highest BCUT2D eigenvalue weighted by atomic mass is 16.6. The summed E-state index contributed by atoms with van der Waals surface area (Å²) in [7, 11) is 2.06. The number of nitrogens with two attached hydrogens (primary N) is 1. The van der Waals surface area contributed by atoms with Gasteiger partial charge in [-0.15, -0.1) is 0 Å². The van der Waals surface area contributed by atoms with E-state index in [1.165, 1.54) is 5.56 Å². The standard InChI is InChI=1S/C35H45N5O5/c1-22-17-23(2)38-34(42)31(22)20-37-33(41)30-18-27(26-7-5-25(6-8-26)21-40-13-15-44-16-14-40)19-32(24(30)3)39(4)28-9-11-29(12-10-28)45-35(36)43/h5-8,17-19,28-29H,9-16,20-21H2,1-4H3,(H2,36,43)(H,37,41)(H,38,42)/t28-,29+. The Kier molecular flexibility index (Phi) is 10.2. The summed E-state index contributed by atoms with van der Waals surface area (Å²) in [5.74, 6) is -0.231. The van der Waals surface area contributed by atoms with Crippen LogP contribution in [0.1, 0.15) is 64.0 Å². The summed E-state index contributed by atoms with van der Waals surface area (Å²) in [6.07, 6.45) is 2.25. The van der Waals surface area contributed by atoms with Crippen LogP contribution in [0.3, 0.4) is 0 Å². The first-order valence-electron chi connectivity index (χ1n) is 15.8. The zero-order valence-corrected chi connectivity index (χ0v) is 26.8. The van der Waals surface area contributed by atoms with Gasteiger partial charge in [-0.2, -0.15) is 0 Å². The summed E-state index contributed by atoms with van der Waals surface area (Å²) in [4.78, 5) is 45.1. The second kappa shape index (κ2) is 14.3. The van der Waals surface area contributed by atoms with E-state index >= 15 is 0 Å². The third-order valence-electron chi connectivity index (χ3n) is 9.20. The van der Waals surface area contributed by atoms with Crippen LogP contribution in [0.4, 0.5) is 10.5 Å². The molecule has 2 heterocycles. The van der Waals surface area contributed by atoms with Gasteiger partial charge in [-0.1, -0.05) is 24.3 Å². The zero-order chi connectivity index (χ0) is 32.1. The Morgan fingerprint density at radius 3 is 2.36 bits per heavy atom. The molecule has 1 saturated heterocycles. The van der Waals surface area contributed by atoms with Crippen molar-refractivity contribution >= 4 is 17.7 Å². The number of ether oxygens (including phenoxy) is 2. The number of anilines is 1. The number of nitrogens with zero attached hydrogens (tertiary/aromatic N) is 2. The van der Waals surface area contributed by atoms with Gasteiger partial charge in [0.2, 0.25) is 0 Å². The number of amides is 2. The number of pyridine rings is 1. The number of aromatic amines is 1. The van der Waals surface area contributed by atoms with Gasteiger partial charge in [0.05, 0.1) is 13.2 Å². The van der Waals surface area contributed by atoms with Gasteiger partial charge in [-0.3, -0.25) is 14.5 Å². The van der Waals surface area contributed by atoms with Crippen LogP contribution in [0, 0.1) is 20.8 Å². The van der Waals surface area contributed by atoms with Crippen LogP contribution in [0.15, 0.2) is 47.3 Å². The van der Waals surface area contributed by atoms with Crippen molar-refractivity contribution < 1.29 is 19.1 Å². The number of carbonyl (C=O) groups is 2. The van der Waals surface area contributed by atoms with Crippen molar-refractivity contribution in [1.82, 2.24) is 15.2 Å². The fourth-order valence-corrected chi connectivity index (χ4v) is 6.56. The average Bonchev–Trinajstić information content (AvgIpc) is 3.01. The van der Waals surface area contributed by atoms with Gasteiger partial charge in [0.15, 0.2) is 0 Å². The van der Waals surface area contributed by atoms with Crippen LogP contribution >= 0.6 is 0 Å². The number of primary amides is 1. The third kappa shape index (κ3) is 7.93. The number of rotatable bonds is 9. The van der Waals surface area contributed by atoms with Gasteiger partial charge in [0, 0.05) is 61.8 Å². The van der Waals surface area contributed by atoms with E-state index < -0.39 is 6.09 Å². The predicted molar refractivity (Wildman–Crippen MR) is 176 cm³/mol. The first-order valence-corrected chi connectivity index (χ1v) is 15.8. The van der Waals surface area contributed by atoms with Crippen molar-refractivity contribution in [1.29, 1.82) is 0 Å². The molecule has 240 valence electrons. The Morgan fingerprint density at radius 2 is 1.71 bits per heavy atom. The maximum absolute atomic E-state index is 13.8. The minimum absolute atomic E-state index is 0.134. The number of aryl methyl sites for hydroxylation is 2. The summed E-state index contributed by atoms with van der Waals surface area (Å²) < 4.78 is 10.7. The highest BCUT2D eigenvalue weighted by Crippen LogP contribution is 2.35. The molecule has 10 nitrogen and oxygen atoms in total. The van der Waals surface area contributed by atoms with Gasteiger partial charge >= 0.3 is 6.09 Å². The molecule has 1 aromatic heterocycles. The predicted octanol–water partition coefficient (Wildman–Crippen LogP) is 4.57. The lowest BCUT2D eigenvalue weighted by atomic mass is 9.90. The van der Waals surface area contributed by atoms with Gasteiger partial charge in [-0.05, 0) is 92.5 Å². The number of hydrogen-bond donors (Lipinski definition) is 3. The molecule has 2 amide bonds. The molecule has 0 radical (unpaired) electrons. The average molecular weight is 616 g/mol. The molecule has 1 saturated carbocycles. The van der Waals surface area contributed by atoms with Gasteiger partial charge in [-0.25, -0.2) is 4.79 Å². The van der Waals surface area contributed by atoms with Gasteiger partial charge < -0.3 is 30.4 Å². The number of nitrogens with one attached hydrogen (secondary N) is 2. The van der Waals surface area contributed by atoms with Crippen LogP contribution in [0.5, 0.6) is 0 Å². The highest BCUT2D eigenvalue weighted by molar-refractivity contribution is 5.99. The van der Waals surface area contributed by atoms with E-state index in [9.17, 15) is 14.4 Å². The number of aromatic nitrogens is 1. The number of hydrogen-bond acceptors (Lipinski definition) is 7. The zero-order valence-electron chi connectivity index (χ0n) is 26.8. The van der Waals surface area contributed by atoms with Crippen LogP contribution in [0.2, 0.25) is 0 Å². The smallest absolute Gasteiger partial charge is 0.404 e. The minimum Gasteiger partial charge on any atom is -0.446 e. The topological polar surface area (TPSA) is 130 Å². The SMILES string of the molecule is Cc1cc(C)c(CNC(=O)c2cc(-c3ccc(CN4CCOCC4)cc3)cc(N(C)[C@H]3CC[C@@H](OC(N)=O)CC3)c2C)c(=O)[nH]1. The third-order valence-corrected chi connectivity index (χ3v) is 9.20. The minimum atomic E-state index is -0.732. The van der Waals surface area contributed by atoms with Crippen molar-refractivity contribution in [3.63, 3.8) is 0 Å². The van der Waals surface area contributed by atoms with Crippen molar-refractivity contribution in [2.75, 3.05) is 38.3 Å². The Morgan fingerprint density at radius 1 is 1.02 bits per heavy atom. The molecule has 3 aromatic rings. The summed E-state index contributed by atoms with van der Waals surface area (Å²) in [6.45, 7) is 10.1. The number of morpholine rings is 1. The summed E-state index contributed by atoms with van der Waals surface area (Å²) in [6, 6.07) is 14.8. The Balaban J connectivity index is 1.42. The largest absolute Gasteiger partial charge is 0.446 e. The van der Waals surface area contributed by atoms with E-state index in [1.54, 1.807) is 0 Å². The molecule has 0 bridgehead atoms. The molecule has 2 aromatic carbocycles. The van der Waals surface area contributed by atoms with E-state index in [0.29, 0.717) is 11.1 Å². The van der Waals surface area contributed by atoms with E-state index in [0.717, 1.165) is 92.2 Å². The molecule has 1 aliphatic heterocycles. The normalized spacial score (nSPS) is 18.8. The van der Waals surface area contributed by atoms with Crippen LogP contribution in [-0.4, -0.2) is 67.4 Å². The van der Waals surface area contributed by atoms with E-state index in [1.807, 2.05) is 32.9 Å². The maximum atomic E-state index is 13.8. The molecule has 2 fully saturated rings. The Labute approximate surface area is 264 Å². The Bertz CT molecular complexity index is 1570. The monoisotopic (exact) mass is 615 g/mol. The number of H-pyrrole nitrogens is 1. The lowest BCUT2D eigenvalue weighted by Gasteiger charge is -2.36. The van der Waals surface area contributed by atoms with E-state index in [2.05, 4.69) is 57.5 Å². The lowest BCUT2D eigenvalue weighted by molar-refractivity contribution is 0.0342. The summed E-state index contributed by atoms with van der Waals surface area (Å²) in [5.41, 5.74) is 12.8. The molecule has 5 rings (SSSR count). The van der Waals surface area contributed by atoms with Crippen molar-refractivity contribution in [2.45, 2.75) is 71.7 Å². The van der Waals surface area contributed by atoms with Crippen molar-refractivity contribution in [2.24, 2.45) is 5.73 Å². The van der Waals surface area contributed by atoms with Crippen LogP contribution in [0.25, 0.3) is 11.1 Å². The molecular weight excluding hydrogens is 570 g/mol. The maximum Gasteiger partial charge on any atom is 0.404 e. The molecule has 1 aliphatic carbocycles. The molecule has 45 heavy (non-hydrogen) atoms. The molecule has 4 N–H and O–H groups in total. The molecule has 10 heteroatoms. The molecule has 0 atom stereocenters. The molecule has 0 unspecified atom stereocenters. The number of carbonyl (C=O) groups excluding carboxylic acids is 2. The summed E-state index contributed by atoms with van der Waals surface area (Å²) >= 11 is 0. The molecule has 0 spiro atoms. The highest BCUT2D eigenvalue weighted by Gasteiger charge is 2.28. The lowest BCUT2D eigenvalue weighted by Crippen LogP contribution is -2.38. The molecule has 2 aliphatic rings. The van der Waals surface area contributed by atoms with E-state index in [4.69, 9.17) is 15.2 Å². The Hall–Kier alpha value is -4.15. The second-order valence-corrected chi connectivity index (χ2v) is 12.4. The number of benzene rings is 2. The van der Waals surface area contributed by atoms with E-state index in [-0.39, 0.29) is 30.2 Å². The van der Waals surface area contributed by atoms with Gasteiger partial charge in [0.25, 0.3) is 11.5 Å². The van der Waals surface area contributed by atoms with Crippen molar-refractivity contribution in [3.05, 3.63) is 86.3 Å². The fourth-order valence-electron chi connectivity index (χ4n) is 6.56. The quantitative estimate of drug-likeness (QED) is 0.322. The van der Waals surface area contributed by atoms with Gasteiger partial charge in [0.1, 0.15) is 6.10 Å². The first kappa shape index (κ1) is 32.2. The summed E-state index contributed by atoms with van der Waals surface area (Å²) in [5, 5.41) is 3.01.